The van der Waals surface area contributed by atoms with Crippen molar-refractivity contribution in [3.8, 4) is 0 Å². The second kappa shape index (κ2) is 5.03. The maximum absolute atomic E-state index is 5.62. The number of pyridine rings is 2. The summed E-state index contributed by atoms with van der Waals surface area (Å²) < 4.78 is 0. The summed E-state index contributed by atoms with van der Waals surface area (Å²) in [7, 11) is 0. The number of nitrogens with one attached hydrogen (secondary N) is 1. The van der Waals surface area contributed by atoms with Gasteiger partial charge in [0.2, 0.25) is 0 Å². The summed E-state index contributed by atoms with van der Waals surface area (Å²) in [5, 5.41) is 0. The van der Waals surface area contributed by atoms with E-state index in [0.29, 0.717) is 0 Å². The van der Waals surface area contributed by atoms with Crippen molar-refractivity contribution in [2.24, 2.45) is 5.84 Å². The summed E-state index contributed by atoms with van der Waals surface area (Å²) in [6.45, 7) is 4.04. The van der Waals surface area contributed by atoms with Gasteiger partial charge >= 0.3 is 0 Å². The van der Waals surface area contributed by atoms with E-state index in [1.54, 1.807) is 6.20 Å². The molecular formula is C13H16N4. The Kier molecular flexibility index (Phi) is 3.46. The van der Waals surface area contributed by atoms with Crippen LogP contribution in [0.2, 0.25) is 0 Å². The SMILES string of the molecule is Cc1cncc(C(NN)c2cc(C)ccn2)c1. The largest absolute Gasteiger partial charge is 0.271 e. The normalized spacial score (nSPS) is 12.4. The van der Waals surface area contributed by atoms with E-state index in [0.717, 1.165) is 22.4 Å². The minimum absolute atomic E-state index is 0.123. The van der Waals surface area contributed by atoms with E-state index in [-0.39, 0.29) is 6.04 Å². The number of aryl methyl sites for hydroxylation is 2. The maximum atomic E-state index is 5.62. The minimum atomic E-state index is -0.123. The predicted octanol–water partition coefficient (Wildman–Crippen LogP) is 1.65. The number of hydrazine groups is 1. The molecule has 2 heterocycles. The molecule has 4 nitrogen and oxygen atoms in total. The Morgan fingerprint density at radius 1 is 1.18 bits per heavy atom. The van der Waals surface area contributed by atoms with Gasteiger partial charge in [0.15, 0.2) is 0 Å². The van der Waals surface area contributed by atoms with E-state index in [2.05, 4.69) is 21.5 Å². The van der Waals surface area contributed by atoms with E-state index in [1.165, 1.54) is 0 Å². The number of rotatable bonds is 3. The molecular weight excluding hydrogens is 212 g/mol. The molecule has 1 unspecified atom stereocenters. The smallest absolute Gasteiger partial charge is 0.0896 e. The third-order valence-electron chi connectivity index (χ3n) is 2.63. The Labute approximate surface area is 101 Å². The summed E-state index contributed by atoms with van der Waals surface area (Å²) >= 11 is 0. The van der Waals surface area contributed by atoms with E-state index >= 15 is 0 Å². The van der Waals surface area contributed by atoms with Gasteiger partial charge in [-0.15, -0.1) is 0 Å². The third kappa shape index (κ3) is 2.67. The number of nitrogens with zero attached hydrogens (tertiary/aromatic N) is 2. The average molecular weight is 228 g/mol. The van der Waals surface area contributed by atoms with Gasteiger partial charge < -0.3 is 0 Å². The van der Waals surface area contributed by atoms with Crippen molar-refractivity contribution in [1.82, 2.24) is 15.4 Å². The van der Waals surface area contributed by atoms with Crippen LogP contribution in [0.3, 0.4) is 0 Å². The van der Waals surface area contributed by atoms with Gasteiger partial charge in [-0.3, -0.25) is 15.8 Å². The zero-order chi connectivity index (χ0) is 12.3. The molecule has 0 saturated heterocycles. The number of hydrogen-bond donors (Lipinski definition) is 2. The highest BCUT2D eigenvalue weighted by Crippen LogP contribution is 2.19. The molecule has 88 valence electrons. The first-order valence-corrected chi connectivity index (χ1v) is 5.51. The van der Waals surface area contributed by atoms with Crippen LogP contribution in [0.1, 0.15) is 28.4 Å². The summed E-state index contributed by atoms with van der Waals surface area (Å²) in [6.07, 6.45) is 5.42. The highest BCUT2D eigenvalue weighted by Gasteiger charge is 2.14. The molecule has 0 amide bonds. The molecule has 0 spiro atoms. The minimum Gasteiger partial charge on any atom is -0.271 e. The van der Waals surface area contributed by atoms with Gasteiger partial charge in [0.25, 0.3) is 0 Å². The summed E-state index contributed by atoms with van der Waals surface area (Å²) in [4.78, 5) is 8.52. The highest BCUT2D eigenvalue weighted by molar-refractivity contribution is 5.29. The van der Waals surface area contributed by atoms with E-state index < -0.39 is 0 Å². The molecule has 0 radical (unpaired) electrons. The van der Waals surface area contributed by atoms with Gasteiger partial charge in [-0.25, -0.2) is 5.43 Å². The molecule has 0 aromatic carbocycles. The second-order valence-electron chi connectivity index (χ2n) is 4.15. The third-order valence-corrected chi connectivity index (χ3v) is 2.63. The van der Waals surface area contributed by atoms with Crippen molar-refractivity contribution in [2.45, 2.75) is 19.9 Å². The fraction of sp³-hybridized carbons (Fsp3) is 0.231. The fourth-order valence-electron chi connectivity index (χ4n) is 1.81. The predicted molar refractivity (Wildman–Crippen MR) is 67.1 cm³/mol. The average Bonchev–Trinajstić information content (AvgIpc) is 2.30. The lowest BCUT2D eigenvalue weighted by Gasteiger charge is -2.16. The monoisotopic (exact) mass is 228 g/mol. The van der Waals surface area contributed by atoms with Crippen LogP contribution in [0.25, 0.3) is 0 Å². The van der Waals surface area contributed by atoms with Crippen LogP contribution in [0.5, 0.6) is 0 Å². The Balaban J connectivity index is 2.40. The van der Waals surface area contributed by atoms with Gasteiger partial charge in [-0.2, -0.15) is 0 Å². The van der Waals surface area contributed by atoms with Crippen LogP contribution in [0.4, 0.5) is 0 Å². The van der Waals surface area contributed by atoms with Crippen molar-refractivity contribution in [2.75, 3.05) is 0 Å². The molecule has 17 heavy (non-hydrogen) atoms. The molecule has 1 atom stereocenters. The first kappa shape index (κ1) is 11.7. The van der Waals surface area contributed by atoms with Gasteiger partial charge in [0, 0.05) is 18.6 Å². The van der Waals surface area contributed by atoms with Crippen LogP contribution in [0.15, 0.2) is 36.8 Å². The van der Waals surface area contributed by atoms with Crippen molar-refractivity contribution in [3.05, 3.63) is 59.2 Å². The maximum Gasteiger partial charge on any atom is 0.0896 e. The quantitative estimate of drug-likeness (QED) is 0.619. The Hall–Kier alpha value is -1.78. The molecule has 0 bridgehead atoms. The summed E-state index contributed by atoms with van der Waals surface area (Å²) in [5.41, 5.74) is 6.98. The van der Waals surface area contributed by atoms with Crippen molar-refractivity contribution >= 4 is 0 Å². The van der Waals surface area contributed by atoms with Crippen LogP contribution >= 0.6 is 0 Å². The lowest BCUT2D eigenvalue weighted by atomic mass is 10.0. The first-order chi connectivity index (χ1) is 8.20. The molecule has 3 N–H and O–H groups in total. The van der Waals surface area contributed by atoms with Crippen LogP contribution < -0.4 is 11.3 Å². The number of hydrogen-bond acceptors (Lipinski definition) is 4. The lowest BCUT2D eigenvalue weighted by Crippen LogP contribution is -2.29. The van der Waals surface area contributed by atoms with E-state index in [9.17, 15) is 0 Å². The van der Waals surface area contributed by atoms with Crippen LogP contribution in [0, 0.1) is 13.8 Å². The molecule has 2 rings (SSSR count). The Morgan fingerprint density at radius 3 is 2.65 bits per heavy atom. The topological polar surface area (TPSA) is 63.8 Å². The Bertz CT molecular complexity index is 465. The molecule has 0 aliphatic carbocycles. The summed E-state index contributed by atoms with van der Waals surface area (Å²) in [6, 6.07) is 5.92. The van der Waals surface area contributed by atoms with Crippen molar-refractivity contribution < 1.29 is 0 Å². The molecule has 2 aromatic rings. The molecule has 0 aliphatic heterocycles. The van der Waals surface area contributed by atoms with E-state index in [1.807, 2.05) is 38.4 Å². The van der Waals surface area contributed by atoms with Gasteiger partial charge in [0.1, 0.15) is 0 Å². The number of nitrogens with two attached hydrogens (primary N) is 1. The molecule has 0 fully saturated rings. The summed E-state index contributed by atoms with van der Waals surface area (Å²) in [5.74, 6) is 5.62. The molecule has 0 saturated carbocycles. The number of aromatic nitrogens is 2. The zero-order valence-electron chi connectivity index (χ0n) is 10.0. The van der Waals surface area contributed by atoms with Crippen LogP contribution in [-0.2, 0) is 0 Å². The van der Waals surface area contributed by atoms with Gasteiger partial charge in [0.05, 0.1) is 11.7 Å². The highest BCUT2D eigenvalue weighted by atomic mass is 15.2. The molecule has 2 aromatic heterocycles. The van der Waals surface area contributed by atoms with Crippen molar-refractivity contribution in [3.63, 3.8) is 0 Å². The standard InChI is InChI=1S/C13H16N4/c1-9-3-4-16-12(6-9)13(17-14)11-5-10(2)7-15-8-11/h3-8,13,17H,14H2,1-2H3. The van der Waals surface area contributed by atoms with E-state index in [4.69, 9.17) is 5.84 Å². The zero-order valence-corrected chi connectivity index (χ0v) is 10.0. The first-order valence-electron chi connectivity index (χ1n) is 5.51. The fourth-order valence-corrected chi connectivity index (χ4v) is 1.81. The lowest BCUT2D eigenvalue weighted by molar-refractivity contribution is 0.617. The van der Waals surface area contributed by atoms with Gasteiger partial charge in [-0.05, 0) is 42.7 Å². The van der Waals surface area contributed by atoms with Crippen molar-refractivity contribution in [1.29, 1.82) is 0 Å². The van der Waals surface area contributed by atoms with Gasteiger partial charge in [-0.1, -0.05) is 6.07 Å². The Morgan fingerprint density at radius 2 is 2.00 bits per heavy atom. The molecule has 0 aliphatic rings. The van der Waals surface area contributed by atoms with Crippen LogP contribution in [-0.4, -0.2) is 9.97 Å². The second-order valence-corrected chi connectivity index (χ2v) is 4.15. The molecule has 4 heteroatoms.